The number of hydrogen-bond acceptors (Lipinski definition) is 3. The van der Waals surface area contributed by atoms with Crippen LogP contribution in [0.2, 0.25) is 5.02 Å². The first kappa shape index (κ1) is 15.6. The van der Waals surface area contributed by atoms with E-state index in [4.69, 9.17) is 16.0 Å². The van der Waals surface area contributed by atoms with Crippen molar-refractivity contribution in [3.05, 3.63) is 75.1 Å². The number of aromatic hydroxyl groups is 1. The first-order valence-electron chi connectivity index (χ1n) is 7.37. The van der Waals surface area contributed by atoms with Crippen molar-refractivity contribution in [3.63, 3.8) is 0 Å². The third-order valence-corrected chi connectivity index (χ3v) is 4.11. The average molecular weight is 331 g/mol. The Kier molecular flexibility index (Phi) is 4.37. The monoisotopic (exact) mass is 330 g/mol. The number of phenols is 1. The minimum absolute atomic E-state index is 0.0778. The number of hydrogen-bond donors (Lipinski definition) is 2. The van der Waals surface area contributed by atoms with Crippen LogP contribution >= 0.6 is 11.6 Å². The van der Waals surface area contributed by atoms with Gasteiger partial charge in [0.1, 0.15) is 23.9 Å². The van der Waals surface area contributed by atoms with Gasteiger partial charge in [-0.05, 0) is 31.2 Å². The van der Waals surface area contributed by atoms with Crippen LogP contribution in [0.15, 0.2) is 57.7 Å². The summed E-state index contributed by atoms with van der Waals surface area (Å²) < 4.78 is 5.14. The molecule has 0 fully saturated rings. The van der Waals surface area contributed by atoms with Crippen LogP contribution in [0.5, 0.6) is 5.75 Å². The molecular weight excluding hydrogens is 314 g/mol. The van der Waals surface area contributed by atoms with E-state index in [9.17, 15) is 9.90 Å². The van der Waals surface area contributed by atoms with Crippen LogP contribution in [-0.4, -0.2) is 5.11 Å². The number of nitrogens with two attached hydrogens (primary N) is 1. The fourth-order valence-electron chi connectivity index (χ4n) is 2.62. The van der Waals surface area contributed by atoms with Crippen LogP contribution < -0.4 is 10.9 Å². The molecule has 0 aliphatic carbocycles. The van der Waals surface area contributed by atoms with Gasteiger partial charge in [0, 0.05) is 33.7 Å². The quantitative estimate of drug-likeness (QED) is 0.723. The number of rotatable bonds is 4. The largest absolute Gasteiger partial charge is 0.508 e. The summed E-state index contributed by atoms with van der Waals surface area (Å²) in [5.74, 6) is 0.0778. The van der Waals surface area contributed by atoms with Gasteiger partial charge in [-0.3, -0.25) is 0 Å². The predicted octanol–water partition coefficient (Wildman–Crippen LogP) is 2.98. The summed E-state index contributed by atoms with van der Waals surface area (Å²) in [6, 6.07) is 14.3. The molecule has 3 aromatic rings. The van der Waals surface area contributed by atoms with Crippen molar-refractivity contribution in [3.8, 4) is 5.75 Å². The molecule has 0 radical (unpaired) electrons. The zero-order chi connectivity index (χ0) is 16.4. The van der Waals surface area contributed by atoms with Gasteiger partial charge in [0.15, 0.2) is 0 Å². The standard InChI is InChI=1S/C18H16ClNO3/c1-11(12-3-2-4-14(19)7-12)20-10-13-8-18(22)23-17-9-15(21)5-6-16(13)17/h2-9,11,20-21H,10H2,1H3/p+1/t11-/m1/s1. The van der Waals surface area contributed by atoms with Crippen molar-refractivity contribution < 1.29 is 14.8 Å². The summed E-state index contributed by atoms with van der Waals surface area (Å²) >= 11 is 6.03. The van der Waals surface area contributed by atoms with E-state index in [1.165, 1.54) is 12.1 Å². The van der Waals surface area contributed by atoms with Gasteiger partial charge in [-0.15, -0.1) is 0 Å². The highest BCUT2D eigenvalue weighted by molar-refractivity contribution is 6.30. The Morgan fingerprint density at radius 1 is 1.22 bits per heavy atom. The van der Waals surface area contributed by atoms with Crippen LogP contribution in [0.4, 0.5) is 0 Å². The number of phenolic OH excluding ortho intramolecular Hbond substituents is 1. The molecule has 5 heteroatoms. The molecule has 0 amide bonds. The molecule has 1 atom stereocenters. The molecule has 2 aromatic carbocycles. The van der Waals surface area contributed by atoms with Crippen molar-refractivity contribution in [2.75, 3.05) is 0 Å². The van der Waals surface area contributed by atoms with Crippen LogP contribution in [0.1, 0.15) is 24.1 Å². The van der Waals surface area contributed by atoms with Crippen LogP contribution in [0.3, 0.4) is 0 Å². The van der Waals surface area contributed by atoms with E-state index in [1.807, 2.05) is 24.3 Å². The zero-order valence-corrected chi connectivity index (χ0v) is 13.4. The van der Waals surface area contributed by atoms with Gasteiger partial charge in [0.25, 0.3) is 0 Å². The van der Waals surface area contributed by atoms with Crippen LogP contribution in [-0.2, 0) is 6.54 Å². The van der Waals surface area contributed by atoms with Crippen molar-refractivity contribution in [2.45, 2.75) is 19.5 Å². The molecule has 23 heavy (non-hydrogen) atoms. The number of fused-ring (bicyclic) bond motifs is 1. The highest BCUT2D eigenvalue weighted by Crippen LogP contribution is 2.21. The lowest BCUT2D eigenvalue weighted by Crippen LogP contribution is -2.83. The molecule has 0 unspecified atom stereocenters. The van der Waals surface area contributed by atoms with Gasteiger partial charge in [-0.2, -0.15) is 0 Å². The molecule has 118 valence electrons. The van der Waals surface area contributed by atoms with Gasteiger partial charge in [0.2, 0.25) is 0 Å². The molecule has 3 N–H and O–H groups in total. The van der Waals surface area contributed by atoms with Gasteiger partial charge in [-0.25, -0.2) is 4.79 Å². The van der Waals surface area contributed by atoms with E-state index in [2.05, 4.69) is 12.2 Å². The summed E-state index contributed by atoms with van der Waals surface area (Å²) in [6.45, 7) is 2.71. The van der Waals surface area contributed by atoms with E-state index in [0.29, 0.717) is 17.2 Å². The lowest BCUT2D eigenvalue weighted by Gasteiger charge is -2.12. The highest BCUT2D eigenvalue weighted by Gasteiger charge is 2.12. The summed E-state index contributed by atoms with van der Waals surface area (Å²) in [5, 5.41) is 13.2. The van der Waals surface area contributed by atoms with Gasteiger partial charge in [-0.1, -0.05) is 23.7 Å². The molecule has 0 aliphatic heterocycles. The Morgan fingerprint density at radius 2 is 2.04 bits per heavy atom. The summed E-state index contributed by atoms with van der Waals surface area (Å²) in [6.07, 6.45) is 0. The second-order valence-corrected chi connectivity index (χ2v) is 5.99. The Balaban J connectivity index is 1.85. The van der Waals surface area contributed by atoms with Gasteiger partial charge in [0.05, 0.1) is 0 Å². The third kappa shape index (κ3) is 3.55. The van der Waals surface area contributed by atoms with E-state index in [0.717, 1.165) is 16.5 Å². The molecule has 1 heterocycles. The molecule has 0 saturated heterocycles. The maximum Gasteiger partial charge on any atom is 0.336 e. The van der Waals surface area contributed by atoms with Crippen molar-refractivity contribution >= 4 is 22.6 Å². The molecule has 1 aromatic heterocycles. The summed E-state index contributed by atoms with van der Waals surface area (Å²) in [4.78, 5) is 11.7. The maximum atomic E-state index is 11.7. The number of halogens is 1. The van der Waals surface area contributed by atoms with E-state index < -0.39 is 5.63 Å². The average Bonchev–Trinajstić information content (AvgIpc) is 2.51. The Labute approximate surface area is 138 Å². The minimum atomic E-state index is -0.415. The van der Waals surface area contributed by atoms with Crippen LogP contribution in [0, 0.1) is 0 Å². The lowest BCUT2D eigenvalue weighted by atomic mass is 10.1. The molecule has 0 spiro atoms. The fraction of sp³-hybridized carbons (Fsp3) is 0.167. The summed E-state index contributed by atoms with van der Waals surface area (Å²) in [5.41, 5.74) is 1.99. The Hall–Kier alpha value is -2.30. The normalized spacial score (nSPS) is 12.4. The van der Waals surface area contributed by atoms with Gasteiger partial charge >= 0.3 is 5.63 Å². The van der Waals surface area contributed by atoms with Crippen molar-refractivity contribution in [2.24, 2.45) is 0 Å². The second-order valence-electron chi connectivity index (χ2n) is 5.55. The second kappa shape index (κ2) is 6.44. The number of quaternary nitrogens is 1. The lowest BCUT2D eigenvalue weighted by molar-refractivity contribution is -0.707. The Morgan fingerprint density at radius 3 is 2.83 bits per heavy atom. The number of benzene rings is 2. The van der Waals surface area contributed by atoms with Crippen molar-refractivity contribution in [1.82, 2.24) is 0 Å². The van der Waals surface area contributed by atoms with Crippen molar-refractivity contribution in [1.29, 1.82) is 0 Å². The van der Waals surface area contributed by atoms with E-state index in [1.54, 1.807) is 12.1 Å². The first-order chi connectivity index (χ1) is 11.0. The topological polar surface area (TPSA) is 67.0 Å². The molecular formula is C18H17ClNO3+. The van der Waals surface area contributed by atoms with E-state index >= 15 is 0 Å². The van der Waals surface area contributed by atoms with Crippen LogP contribution in [0.25, 0.3) is 11.0 Å². The predicted molar refractivity (Wildman–Crippen MR) is 89.6 cm³/mol. The SMILES string of the molecule is C[C@@H]([NH2+]Cc1cc(=O)oc2cc(O)ccc12)c1cccc(Cl)c1. The molecule has 0 bridgehead atoms. The smallest absolute Gasteiger partial charge is 0.336 e. The Bertz CT molecular complexity index is 904. The molecule has 0 saturated carbocycles. The molecule has 4 nitrogen and oxygen atoms in total. The first-order valence-corrected chi connectivity index (χ1v) is 7.75. The molecule has 0 aliphatic rings. The third-order valence-electron chi connectivity index (χ3n) is 3.88. The summed E-state index contributed by atoms with van der Waals surface area (Å²) in [7, 11) is 0. The minimum Gasteiger partial charge on any atom is -0.508 e. The maximum absolute atomic E-state index is 11.7. The zero-order valence-electron chi connectivity index (χ0n) is 12.6. The van der Waals surface area contributed by atoms with E-state index in [-0.39, 0.29) is 11.8 Å². The highest BCUT2D eigenvalue weighted by atomic mass is 35.5. The molecule has 3 rings (SSSR count). The van der Waals surface area contributed by atoms with Gasteiger partial charge < -0.3 is 14.8 Å². The fourth-order valence-corrected chi connectivity index (χ4v) is 2.82.